The van der Waals surface area contributed by atoms with Crippen LogP contribution in [-0.2, 0) is 17.2 Å². The number of rotatable bonds is 6. The predicted octanol–water partition coefficient (Wildman–Crippen LogP) is 4.77. The van der Waals surface area contributed by atoms with Crippen molar-refractivity contribution in [2.45, 2.75) is 26.2 Å². The SMILES string of the molecule is CCc1c(C(=O)NN2CCS(=O)CC2)nn(-c2ccc(Cl)cc2Cl)c1-c1ccc(C#CCCC#N)cc1. The number of nitriles is 1. The van der Waals surface area contributed by atoms with Gasteiger partial charge in [-0.15, -0.1) is 0 Å². The molecule has 1 aliphatic heterocycles. The molecule has 1 amide bonds. The maximum absolute atomic E-state index is 13.4. The molecule has 1 aliphatic rings. The fraction of sp³-hybridized carbons (Fsp3) is 0.296. The van der Waals surface area contributed by atoms with Gasteiger partial charge in [0.2, 0.25) is 0 Å². The fourth-order valence-corrected chi connectivity index (χ4v) is 5.57. The highest BCUT2D eigenvalue weighted by atomic mass is 35.5. The van der Waals surface area contributed by atoms with Crippen molar-refractivity contribution in [2.24, 2.45) is 0 Å². The molecular weight excluding hydrogens is 529 g/mol. The molecular formula is C27H25Cl2N5O2S. The van der Waals surface area contributed by atoms with Crippen LogP contribution in [0.3, 0.4) is 0 Å². The van der Waals surface area contributed by atoms with Crippen LogP contribution < -0.4 is 5.43 Å². The Labute approximate surface area is 228 Å². The van der Waals surface area contributed by atoms with Gasteiger partial charge in [-0.3, -0.25) is 14.4 Å². The van der Waals surface area contributed by atoms with Crippen molar-refractivity contribution in [1.29, 1.82) is 5.26 Å². The number of halogens is 2. The molecule has 0 unspecified atom stereocenters. The largest absolute Gasteiger partial charge is 0.286 e. The van der Waals surface area contributed by atoms with E-state index in [1.165, 1.54) is 0 Å². The van der Waals surface area contributed by atoms with Crippen LogP contribution in [0, 0.1) is 23.2 Å². The third-order valence-electron chi connectivity index (χ3n) is 5.88. The summed E-state index contributed by atoms with van der Waals surface area (Å²) in [5.74, 6) is 6.78. The summed E-state index contributed by atoms with van der Waals surface area (Å²) >= 11 is 12.7. The first-order valence-corrected chi connectivity index (χ1v) is 14.1. The molecule has 1 N–H and O–H groups in total. The summed E-state index contributed by atoms with van der Waals surface area (Å²) in [4.78, 5) is 13.4. The van der Waals surface area contributed by atoms with Crippen LogP contribution in [0.2, 0.25) is 10.0 Å². The number of hydrogen-bond acceptors (Lipinski definition) is 5. The van der Waals surface area contributed by atoms with E-state index >= 15 is 0 Å². The van der Waals surface area contributed by atoms with Gasteiger partial charge in [0, 0.05) is 69.9 Å². The highest BCUT2D eigenvalue weighted by molar-refractivity contribution is 7.85. The van der Waals surface area contributed by atoms with Crippen molar-refractivity contribution in [2.75, 3.05) is 24.6 Å². The Bertz CT molecular complexity index is 1420. The number of hydrogen-bond donors (Lipinski definition) is 1. The summed E-state index contributed by atoms with van der Waals surface area (Å²) in [5, 5.41) is 16.1. The second kappa shape index (κ2) is 12.4. The number of nitrogens with one attached hydrogen (secondary N) is 1. The normalized spacial score (nSPS) is 14.0. The molecule has 1 fully saturated rings. The first-order valence-electron chi connectivity index (χ1n) is 11.9. The molecule has 7 nitrogen and oxygen atoms in total. The van der Waals surface area contributed by atoms with E-state index in [9.17, 15) is 9.00 Å². The first-order chi connectivity index (χ1) is 17.9. The Hall–Kier alpha value is -3.14. The number of unbranched alkanes of at least 4 members (excludes halogenated alkanes) is 1. The maximum atomic E-state index is 13.4. The molecule has 2 aromatic carbocycles. The molecule has 0 spiro atoms. The molecule has 0 saturated carbocycles. The molecule has 1 aromatic heterocycles. The molecule has 0 radical (unpaired) electrons. The topological polar surface area (TPSA) is 91.0 Å². The minimum Gasteiger partial charge on any atom is -0.283 e. The quantitative estimate of drug-likeness (QED) is 0.350. The zero-order chi connectivity index (χ0) is 26.4. The van der Waals surface area contributed by atoms with E-state index in [-0.39, 0.29) is 5.91 Å². The number of benzene rings is 2. The van der Waals surface area contributed by atoms with E-state index in [0.29, 0.717) is 65.3 Å². The summed E-state index contributed by atoms with van der Waals surface area (Å²) < 4.78 is 13.4. The minimum absolute atomic E-state index is 0.301. The Balaban J connectivity index is 1.76. The number of amides is 1. The van der Waals surface area contributed by atoms with Crippen LogP contribution in [0.1, 0.15) is 41.4 Å². The minimum atomic E-state index is -0.848. The lowest BCUT2D eigenvalue weighted by molar-refractivity contribution is 0.0797. The lowest BCUT2D eigenvalue weighted by atomic mass is 10.0. The van der Waals surface area contributed by atoms with Gasteiger partial charge in [0.05, 0.1) is 22.5 Å². The number of hydrazine groups is 1. The van der Waals surface area contributed by atoms with Crippen molar-refractivity contribution in [3.63, 3.8) is 0 Å². The Morgan fingerprint density at radius 3 is 2.51 bits per heavy atom. The molecule has 190 valence electrons. The van der Waals surface area contributed by atoms with E-state index in [2.05, 4.69) is 23.3 Å². The Morgan fingerprint density at radius 1 is 1.14 bits per heavy atom. The van der Waals surface area contributed by atoms with Gasteiger partial charge in [0.15, 0.2) is 5.69 Å². The lowest BCUT2D eigenvalue weighted by Crippen LogP contribution is -2.49. The van der Waals surface area contributed by atoms with Crippen LogP contribution in [0.25, 0.3) is 16.9 Å². The van der Waals surface area contributed by atoms with Gasteiger partial charge in [-0.25, -0.2) is 9.69 Å². The van der Waals surface area contributed by atoms with Gasteiger partial charge in [-0.2, -0.15) is 10.4 Å². The van der Waals surface area contributed by atoms with E-state index < -0.39 is 10.8 Å². The Kier molecular flexibility index (Phi) is 9.02. The second-order valence-corrected chi connectivity index (χ2v) is 10.9. The second-order valence-electron chi connectivity index (χ2n) is 8.35. The van der Waals surface area contributed by atoms with Crippen molar-refractivity contribution in [3.8, 4) is 34.9 Å². The highest BCUT2D eigenvalue weighted by Gasteiger charge is 2.26. The third kappa shape index (κ3) is 6.41. The summed E-state index contributed by atoms with van der Waals surface area (Å²) in [6.07, 6.45) is 1.47. The number of carbonyl (C=O) groups excluding carboxylic acids is 1. The van der Waals surface area contributed by atoms with Gasteiger partial charge in [-0.1, -0.05) is 54.1 Å². The Morgan fingerprint density at radius 2 is 1.86 bits per heavy atom. The summed E-state index contributed by atoms with van der Waals surface area (Å²) in [6, 6.07) is 14.9. The molecule has 1 saturated heterocycles. The van der Waals surface area contributed by atoms with E-state index in [1.54, 1.807) is 27.9 Å². The smallest absolute Gasteiger partial charge is 0.283 e. The predicted molar refractivity (Wildman–Crippen MR) is 147 cm³/mol. The van der Waals surface area contributed by atoms with Gasteiger partial charge < -0.3 is 0 Å². The molecule has 0 aliphatic carbocycles. The number of nitrogens with zero attached hydrogens (tertiary/aromatic N) is 4. The number of carbonyl (C=O) groups is 1. The standard InChI is InChI=1S/C27H25Cl2N5O2S/c1-2-22-25(27(35)32-33-14-16-37(36)17-15-33)31-34(24-12-11-21(28)18-23(24)29)26(22)20-9-7-19(8-10-20)6-4-3-5-13-30/h7-12,18H,2-3,5,14-17H2,1H3,(H,32,35). The van der Waals surface area contributed by atoms with Crippen LogP contribution in [0.15, 0.2) is 42.5 Å². The van der Waals surface area contributed by atoms with Gasteiger partial charge in [0.1, 0.15) is 0 Å². The zero-order valence-electron chi connectivity index (χ0n) is 20.3. The van der Waals surface area contributed by atoms with E-state index in [4.69, 9.17) is 33.6 Å². The molecule has 0 bridgehead atoms. The van der Waals surface area contributed by atoms with E-state index in [1.807, 2.05) is 31.2 Å². The monoisotopic (exact) mass is 553 g/mol. The van der Waals surface area contributed by atoms with Gasteiger partial charge in [0.25, 0.3) is 5.91 Å². The first kappa shape index (κ1) is 26.9. The molecule has 10 heteroatoms. The van der Waals surface area contributed by atoms with Crippen molar-refractivity contribution < 1.29 is 9.00 Å². The summed E-state index contributed by atoms with van der Waals surface area (Å²) in [7, 11) is -0.848. The van der Waals surface area contributed by atoms with Crippen LogP contribution in [0.5, 0.6) is 0 Å². The molecule has 2 heterocycles. The van der Waals surface area contributed by atoms with Crippen molar-refractivity contribution in [1.82, 2.24) is 20.2 Å². The average molecular weight is 555 g/mol. The van der Waals surface area contributed by atoms with Crippen LogP contribution in [-0.4, -0.2) is 49.5 Å². The summed E-state index contributed by atoms with van der Waals surface area (Å²) in [6.45, 7) is 3.02. The lowest BCUT2D eigenvalue weighted by Gasteiger charge is -2.26. The van der Waals surface area contributed by atoms with Crippen molar-refractivity contribution in [3.05, 3.63) is 69.3 Å². The zero-order valence-corrected chi connectivity index (χ0v) is 22.6. The summed E-state index contributed by atoms with van der Waals surface area (Å²) in [5.41, 5.74) is 7.04. The van der Waals surface area contributed by atoms with Crippen LogP contribution >= 0.6 is 23.2 Å². The van der Waals surface area contributed by atoms with Crippen LogP contribution in [0.4, 0.5) is 0 Å². The van der Waals surface area contributed by atoms with Gasteiger partial charge in [-0.05, 0) is 36.8 Å². The third-order valence-corrected chi connectivity index (χ3v) is 7.69. The van der Waals surface area contributed by atoms with Gasteiger partial charge >= 0.3 is 0 Å². The molecule has 0 atom stereocenters. The number of aromatic nitrogens is 2. The molecule has 3 aromatic rings. The highest BCUT2D eigenvalue weighted by Crippen LogP contribution is 2.33. The van der Waals surface area contributed by atoms with E-state index in [0.717, 1.165) is 22.4 Å². The molecule has 37 heavy (non-hydrogen) atoms. The van der Waals surface area contributed by atoms with Crippen molar-refractivity contribution >= 4 is 39.9 Å². The fourth-order valence-electron chi connectivity index (χ4n) is 4.03. The molecule has 4 rings (SSSR count). The maximum Gasteiger partial charge on any atom is 0.286 e. The average Bonchev–Trinajstić information content (AvgIpc) is 3.28.